The molecule has 2 heterocycles. The molecule has 0 radical (unpaired) electrons. The molecule has 2 aromatic heterocycles. The summed E-state index contributed by atoms with van der Waals surface area (Å²) in [7, 11) is 0. The second kappa shape index (κ2) is 3.55. The summed E-state index contributed by atoms with van der Waals surface area (Å²) >= 11 is 0. The van der Waals surface area contributed by atoms with Crippen molar-refractivity contribution in [1.29, 1.82) is 0 Å². The fourth-order valence-corrected chi connectivity index (χ4v) is 1.62. The van der Waals surface area contributed by atoms with Crippen LogP contribution in [0.5, 0.6) is 0 Å². The molecule has 0 aliphatic carbocycles. The van der Waals surface area contributed by atoms with E-state index in [-0.39, 0.29) is 5.69 Å². The summed E-state index contributed by atoms with van der Waals surface area (Å²) in [5.74, 6) is -0.103. The molecule has 0 saturated carbocycles. The summed E-state index contributed by atoms with van der Waals surface area (Å²) in [6, 6.07) is 7.86. The highest BCUT2D eigenvalue weighted by molar-refractivity contribution is 5.86. The number of fused-ring (bicyclic) bond motifs is 1. The van der Waals surface area contributed by atoms with E-state index in [2.05, 4.69) is 9.97 Å². The molecule has 0 atom stereocenters. The Balaban J connectivity index is 2.24. The van der Waals surface area contributed by atoms with Crippen LogP contribution in [0, 0.1) is 5.82 Å². The number of nitrogens with two attached hydrogens (primary N) is 1. The van der Waals surface area contributed by atoms with E-state index in [9.17, 15) is 4.39 Å². The number of benzene rings is 1. The van der Waals surface area contributed by atoms with Crippen LogP contribution in [0.15, 0.2) is 40.9 Å². The van der Waals surface area contributed by atoms with Crippen molar-refractivity contribution >= 4 is 16.8 Å². The molecule has 17 heavy (non-hydrogen) atoms. The van der Waals surface area contributed by atoms with Crippen molar-refractivity contribution < 1.29 is 8.81 Å². The van der Waals surface area contributed by atoms with Crippen LogP contribution in [0.25, 0.3) is 22.7 Å². The molecule has 0 aliphatic rings. The first-order valence-corrected chi connectivity index (χ1v) is 5.01. The normalized spacial score (nSPS) is 10.9. The molecule has 0 bridgehead atoms. The van der Waals surface area contributed by atoms with E-state index < -0.39 is 5.82 Å². The van der Waals surface area contributed by atoms with Crippen molar-refractivity contribution in [3.63, 3.8) is 0 Å². The van der Waals surface area contributed by atoms with E-state index in [1.54, 1.807) is 18.3 Å². The Morgan fingerprint density at radius 1 is 1.24 bits per heavy atom. The maximum Gasteiger partial charge on any atom is 0.246 e. The van der Waals surface area contributed by atoms with Gasteiger partial charge >= 0.3 is 0 Å². The number of oxazole rings is 1. The number of halogens is 1. The van der Waals surface area contributed by atoms with Crippen molar-refractivity contribution in [1.82, 2.24) is 9.97 Å². The lowest BCUT2D eigenvalue weighted by atomic mass is 10.3. The number of hydrogen-bond acceptors (Lipinski definition) is 4. The number of nitrogens with zero attached hydrogens (tertiary/aromatic N) is 2. The minimum atomic E-state index is -0.434. The van der Waals surface area contributed by atoms with Gasteiger partial charge in [-0.2, -0.15) is 0 Å². The first kappa shape index (κ1) is 9.77. The predicted octanol–water partition coefficient (Wildman–Crippen LogP) is 2.61. The lowest BCUT2D eigenvalue weighted by Crippen LogP contribution is -1.86. The monoisotopic (exact) mass is 229 g/mol. The quantitative estimate of drug-likeness (QED) is 0.651. The molecule has 0 fully saturated rings. The Hall–Kier alpha value is -2.43. The van der Waals surface area contributed by atoms with Crippen molar-refractivity contribution in [2.75, 3.05) is 5.73 Å². The van der Waals surface area contributed by atoms with Gasteiger partial charge in [-0.25, -0.2) is 9.37 Å². The second-order valence-corrected chi connectivity index (χ2v) is 3.58. The molecule has 0 amide bonds. The summed E-state index contributed by atoms with van der Waals surface area (Å²) in [6.07, 6.45) is 1.63. The van der Waals surface area contributed by atoms with E-state index in [4.69, 9.17) is 10.2 Å². The fourth-order valence-electron chi connectivity index (χ4n) is 1.62. The Labute approximate surface area is 95.9 Å². The molecule has 0 saturated heterocycles. The number of aromatic nitrogens is 2. The average molecular weight is 229 g/mol. The minimum Gasteiger partial charge on any atom is -0.432 e. The lowest BCUT2D eigenvalue weighted by molar-refractivity contribution is 0.613. The van der Waals surface area contributed by atoms with E-state index in [1.807, 2.05) is 6.07 Å². The van der Waals surface area contributed by atoms with Crippen LogP contribution >= 0.6 is 0 Å². The smallest absolute Gasteiger partial charge is 0.246 e. The Kier molecular flexibility index (Phi) is 2.04. The van der Waals surface area contributed by atoms with Gasteiger partial charge in [0.2, 0.25) is 5.89 Å². The molecular formula is C12H8FN3O. The van der Waals surface area contributed by atoms with Gasteiger partial charge in [0.15, 0.2) is 5.58 Å². The largest absolute Gasteiger partial charge is 0.432 e. The van der Waals surface area contributed by atoms with Crippen LogP contribution in [0.1, 0.15) is 0 Å². The van der Waals surface area contributed by atoms with Gasteiger partial charge in [0.25, 0.3) is 0 Å². The third-order valence-electron chi connectivity index (χ3n) is 2.37. The maximum absolute atomic E-state index is 13.1. The van der Waals surface area contributed by atoms with Gasteiger partial charge in [-0.3, -0.25) is 4.98 Å². The molecule has 2 N–H and O–H groups in total. The van der Waals surface area contributed by atoms with Gasteiger partial charge in [-0.15, -0.1) is 0 Å². The zero-order valence-electron chi connectivity index (χ0n) is 8.72. The summed E-state index contributed by atoms with van der Waals surface area (Å²) in [6.45, 7) is 0. The number of nitrogen functional groups attached to an aromatic ring is 1. The Morgan fingerprint density at radius 2 is 2.12 bits per heavy atom. The lowest BCUT2D eigenvalue weighted by Gasteiger charge is -1.93. The third-order valence-corrected chi connectivity index (χ3v) is 2.37. The van der Waals surface area contributed by atoms with Gasteiger partial charge < -0.3 is 10.2 Å². The molecular weight excluding hydrogens is 221 g/mol. The third kappa shape index (κ3) is 1.61. The minimum absolute atomic E-state index is 0.231. The number of rotatable bonds is 1. The molecule has 1 aromatic carbocycles. The molecule has 0 spiro atoms. The van der Waals surface area contributed by atoms with E-state index >= 15 is 0 Å². The summed E-state index contributed by atoms with van der Waals surface area (Å²) in [5, 5.41) is 0. The van der Waals surface area contributed by atoms with Crippen LogP contribution in [0.2, 0.25) is 0 Å². The second-order valence-electron chi connectivity index (χ2n) is 3.58. The Bertz CT molecular complexity index is 679. The van der Waals surface area contributed by atoms with Crippen molar-refractivity contribution in [2.24, 2.45) is 0 Å². The van der Waals surface area contributed by atoms with Gasteiger partial charge in [0.05, 0.1) is 5.69 Å². The average Bonchev–Trinajstić information content (AvgIpc) is 2.74. The fraction of sp³-hybridized carbons (Fsp3) is 0. The van der Waals surface area contributed by atoms with Crippen LogP contribution in [0.4, 0.5) is 10.1 Å². The molecule has 3 rings (SSSR count). The summed E-state index contributed by atoms with van der Waals surface area (Å²) < 4.78 is 18.6. The van der Waals surface area contributed by atoms with Crippen molar-refractivity contribution in [2.45, 2.75) is 0 Å². The number of anilines is 1. The highest BCUT2D eigenvalue weighted by Gasteiger charge is 2.12. The SMILES string of the molecule is Nc1cc(F)cc2nc(-c3ccccn3)oc12. The first-order valence-electron chi connectivity index (χ1n) is 5.01. The van der Waals surface area contributed by atoms with Crippen LogP contribution in [0.3, 0.4) is 0 Å². The first-order chi connectivity index (χ1) is 8.24. The van der Waals surface area contributed by atoms with Crippen LogP contribution < -0.4 is 5.73 Å². The topological polar surface area (TPSA) is 64.9 Å². The molecule has 3 aromatic rings. The predicted molar refractivity (Wildman–Crippen MR) is 61.6 cm³/mol. The van der Waals surface area contributed by atoms with Crippen molar-refractivity contribution in [3.05, 3.63) is 42.3 Å². The van der Waals surface area contributed by atoms with Crippen LogP contribution in [-0.2, 0) is 0 Å². The zero-order valence-corrected chi connectivity index (χ0v) is 8.72. The Morgan fingerprint density at radius 3 is 2.88 bits per heavy atom. The molecule has 0 unspecified atom stereocenters. The highest BCUT2D eigenvalue weighted by Crippen LogP contribution is 2.27. The molecule has 4 nitrogen and oxygen atoms in total. The molecule has 84 valence electrons. The highest BCUT2D eigenvalue weighted by atomic mass is 19.1. The maximum atomic E-state index is 13.1. The van der Waals surface area contributed by atoms with Gasteiger partial charge in [-0.1, -0.05) is 6.07 Å². The molecule has 5 heteroatoms. The number of pyridine rings is 1. The van der Waals surface area contributed by atoms with Crippen LogP contribution in [-0.4, -0.2) is 9.97 Å². The summed E-state index contributed by atoms with van der Waals surface area (Å²) in [4.78, 5) is 8.26. The van der Waals surface area contributed by atoms with Gasteiger partial charge in [-0.05, 0) is 12.1 Å². The summed E-state index contributed by atoms with van der Waals surface area (Å²) in [5.41, 5.74) is 7.25. The van der Waals surface area contributed by atoms with E-state index in [0.29, 0.717) is 22.7 Å². The van der Waals surface area contributed by atoms with Gasteiger partial charge in [0.1, 0.15) is 17.0 Å². The standard InChI is InChI=1S/C12H8FN3O/c13-7-5-8(14)11-10(6-7)16-12(17-11)9-3-1-2-4-15-9/h1-6H,14H2. The van der Waals surface area contributed by atoms with E-state index in [1.165, 1.54) is 12.1 Å². The zero-order chi connectivity index (χ0) is 11.8. The van der Waals surface area contributed by atoms with Crippen molar-refractivity contribution in [3.8, 4) is 11.6 Å². The number of hydrogen-bond donors (Lipinski definition) is 1. The molecule has 0 aliphatic heterocycles. The van der Waals surface area contributed by atoms with E-state index in [0.717, 1.165) is 0 Å². The van der Waals surface area contributed by atoms with Gasteiger partial charge in [0, 0.05) is 18.3 Å².